The molecule has 0 fully saturated rings. The monoisotopic (exact) mass is 471 g/mol. The molecule has 0 radical (unpaired) electrons. The van der Waals surface area contributed by atoms with Crippen LogP contribution < -0.4 is 4.90 Å². The van der Waals surface area contributed by atoms with Crippen molar-refractivity contribution in [1.29, 1.82) is 0 Å². The van der Waals surface area contributed by atoms with Gasteiger partial charge in [0.15, 0.2) is 0 Å². The quantitative estimate of drug-likeness (QED) is 0.287. The summed E-state index contributed by atoms with van der Waals surface area (Å²) in [7, 11) is 0. The highest BCUT2D eigenvalue weighted by molar-refractivity contribution is 5.80. The van der Waals surface area contributed by atoms with Crippen molar-refractivity contribution in [3.8, 4) is 22.3 Å². The molecule has 5 rings (SSSR count). The van der Waals surface area contributed by atoms with Crippen molar-refractivity contribution in [3.63, 3.8) is 0 Å². The lowest BCUT2D eigenvalue weighted by Gasteiger charge is -2.27. The number of nitrogens with zero attached hydrogens (tertiary/aromatic N) is 1. The molecule has 1 aliphatic rings. The van der Waals surface area contributed by atoms with Gasteiger partial charge in [-0.05, 0) is 79.6 Å². The van der Waals surface area contributed by atoms with Crippen molar-refractivity contribution in [2.45, 2.75) is 58.9 Å². The highest BCUT2D eigenvalue weighted by Gasteiger charge is 2.17. The average molecular weight is 472 g/mol. The fraction of sp³-hybridized carbons (Fsp3) is 0.257. The summed E-state index contributed by atoms with van der Waals surface area (Å²) in [6, 6.07) is 33.8. The summed E-state index contributed by atoms with van der Waals surface area (Å²) in [4.78, 5) is 2.36. The summed E-state index contributed by atoms with van der Waals surface area (Å²) in [5.41, 5.74) is 11.9. The van der Waals surface area contributed by atoms with Crippen LogP contribution in [-0.4, -0.2) is 0 Å². The molecule has 182 valence electrons. The van der Waals surface area contributed by atoms with Crippen LogP contribution in [0, 0.1) is 0 Å². The minimum Gasteiger partial charge on any atom is -0.343 e. The summed E-state index contributed by atoms with van der Waals surface area (Å²) < 4.78 is 0. The maximum absolute atomic E-state index is 2.36. The van der Waals surface area contributed by atoms with Crippen molar-refractivity contribution >= 4 is 11.8 Å². The third-order valence-corrected chi connectivity index (χ3v) is 7.25. The van der Waals surface area contributed by atoms with Crippen LogP contribution >= 0.6 is 0 Å². The number of benzene rings is 4. The molecule has 0 spiro atoms. The Kier molecular flexibility index (Phi) is 6.12. The maximum Gasteiger partial charge on any atom is 0.0481 e. The topological polar surface area (TPSA) is 3.24 Å². The third kappa shape index (κ3) is 5.02. The minimum absolute atomic E-state index is 0.145. The van der Waals surface area contributed by atoms with Gasteiger partial charge in [0.1, 0.15) is 0 Å². The number of anilines is 1. The van der Waals surface area contributed by atoms with E-state index >= 15 is 0 Å². The lowest BCUT2D eigenvalue weighted by Crippen LogP contribution is -2.19. The molecule has 0 atom stereocenters. The van der Waals surface area contributed by atoms with Crippen molar-refractivity contribution < 1.29 is 0 Å². The zero-order valence-electron chi connectivity index (χ0n) is 22.5. The molecule has 4 aromatic carbocycles. The van der Waals surface area contributed by atoms with Crippen LogP contribution in [-0.2, 0) is 17.4 Å². The number of rotatable bonds is 3. The van der Waals surface area contributed by atoms with Crippen LogP contribution in [0.1, 0.15) is 63.8 Å². The smallest absolute Gasteiger partial charge is 0.0481 e. The Hall–Kier alpha value is -3.58. The molecule has 0 saturated heterocycles. The van der Waals surface area contributed by atoms with Crippen LogP contribution in [0.4, 0.5) is 5.69 Å². The highest BCUT2D eigenvalue weighted by atomic mass is 15.1. The molecule has 1 heterocycles. The van der Waals surface area contributed by atoms with E-state index in [0.29, 0.717) is 0 Å². The molecule has 1 heteroatoms. The number of hydrogen-bond acceptors (Lipinski definition) is 1. The van der Waals surface area contributed by atoms with Crippen LogP contribution in [0.3, 0.4) is 0 Å². The molecule has 1 aliphatic heterocycles. The third-order valence-electron chi connectivity index (χ3n) is 7.25. The second kappa shape index (κ2) is 9.13. The van der Waals surface area contributed by atoms with Crippen LogP contribution in [0.5, 0.6) is 0 Å². The van der Waals surface area contributed by atoms with Crippen LogP contribution in [0.15, 0.2) is 97.2 Å². The van der Waals surface area contributed by atoms with Crippen molar-refractivity contribution in [1.82, 2.24) is 0 Å². The first-order valence-corrected chi connectivity index (χ1v) is 13.0. The summed E-state index contributed by atoms with van der Waals surface area (Å²) in [5.74, 6) is 0. The first-order valence-electron chi connectivity index (χ1n) is 13.0. The number of hydrogen-bond donors (Lipinski definition) is 0. The fourth-order valence-corrected chi connectivity index (χ4v) is 4.86. The Morgan fingerprint density at radius 1 is 0.556 bits per heavy atom. The first kappa shape index (κ1) is 24.1. The van der Waals surface area contributed by atoms with Gasteiger partial charge in [-0.1, -0.05) is 114 Å². The zero-order valence-corrected chi connectivity index (χ0v) is 22.5. The molecule has 0 amide bonds. The van der Waals surface area contributed by atoms with E-state index in [4.69, 9.17) is 0 Å². The lowest BCUT2D eigenvalue weighted by atomic mass is 9.85. The van der Waals surface area contributed by atoms with Gasteiger partial charge < -0.3 is 4.90 Å². The van der Waals surface area contributed by atoms with Gasteiger partial charge in [0.2, 0.25) is 0 Å². The van der Waals surface area contributed by atoms with E-state index in [2.05, 4.69) is 150 Å². The van der Waals surface area contributed by atoms with E-state index < -0.39 is 0 Å². The van der Waals surface area contributed by atoms with E-state index in [1.54, 1.807) is 0 Å². The highest BCUT2D eigenvalue weighted by Crippen LogP contribution is 2.36. The predicted molar refractivity (Wildman–Crippen MR) is 156 cm³/mol. The van der Waals surface area contributed by atoms with Gasteiger partial charge in [-0.2, -0.15) is 0 Å². The summed E-state index contributed by atoms with van der Waals surface area (Å²) in [6.07, 6.45) is 4.44. The predicted octanol–water partition coefficient (Wildman–Crippen LogP) is 9.61. The minimum atomic E-state index is 0.145. The summed E-state index contributed by atoms with van der Waals surface area (Å²) in [5, 5.41) is 0. The second-order valence-electron chi connectivity index (χ2n) is 12.1. The fourth-order valence-electron chi connectivity index (χ4n) is 4.86. The molecule has 0 unspecified atom stereocenters. The molecule has 0 saturated carbocycles. The van der Waals surface area contributed by atoms with E-state index in [-0.39, 0.29) is 10.8 Å². The lowest BCUT2D eigenvalue weighted by molar-refractivity contribution is 0.590. The molecule has 0 bridgehead atoms. The Bertz CT molecular complexity index is 1320. The van der Waals surface area contributed by atoms with Crippen molar-refractivity contribution in [2.24, 2.45) is 0 Å². The van der Waals surface area contributed by atoms with Gasteiger partial charge in [0.25, 0.3) is 0 Å². The Labute approximate surface area is 217 Å². The van der Waals surface area contributed by atoms with Gasteiger partial charge in [-0.15, -0.1) is 0 Å². The maximum atomic E-state index is 2.36. The SMILES string of the molecule is CC(C)(C)c1ccc(-c2cc(-c3ccc(C(C)(C)C)cc3)cc(N3C=Cc4ccccc4C3)c2)cc1. The van der Waals surface area contributed by atoms with Gasteiger partial charge in [0, 0.05) is 18.4 Å². The van der Waals surface area contributed by atoms with E-state index in [1.165, 1.54) is 50.2 Å². The first-order chi connectivity index (χ1) is 17.1. The molecule has 4 aromatic rings. The van der Waals surface area contributed by atoms with E-state index in [1.807, 2.05) is 0 Å². The van der Waals surface area contributed by atoms with Crippen molar-refractivity contribution in [2.75, 3.05) is 4.90 Å². The summed E-state index contributed by atoms with van der Waals surface area (Å²) in [6.45, 7) is 14.5. The van der Waals surface area contributed by atoms with E-state index in [9.17, 15) is 0 Å². The molecular weight excluding hydrogens is 434 g/mol. The average Bonchev–Trinajstić information content (AvgIpc) is 2.87. The van der Waals surface area contributed by atoms with E-state index in [0.717, 1.165) is 6.54 Å². The van der Waals surface area contributed by atoms with Gasteiger partial charge in [-0.3, -0.25) is 0 Å². The Morgan fingerprint density at radius 2 is 1.06 bits per heavy atom. The molecule has 0 aliphatic carbocycles. The molecule has 36 heavy (non-hydrogen) atoms. The second-order valence-corrected chi connectivity index (χ2v) is 12.1. The van der Waals surface area contributed by atoms with Gasteiger partial charge >= 0.3 is 0 Å². The molecule has 0 aromatic heterocycles. The largest absolute Gasteiger partial charge is 0.343 e. The number of fused-ring (bicyclic) bond motifs is 1. The molecule has 1 nitrogen and oxygen atoms in total. The Morgan fingerprint density at radius 3 is 1.56 bits per heavy atom. The van der Waals surface area contributed by atoms with Crippen molar-refractivity contribution in [3.05, 3.63) is 119 Å². The normalized spacial score (nSPS) is 13.6. The van der Waals surface area contributed by atoms with Gasteiger partial charge in [-0.25, -0.2) is 0 Å². The molecular formula is C35H37N. The Balaban J connectivity index is 1.58. The zero-order chi connectivity index (χ0) is 25.5. The summed E-state index contributed by atoms with van der Waals surface area (Å²) >= 11 is 0. The van der Waals surface area contributed by atoms with Crippen LogP contribution in [0.25, 0.3) is 28.3 Å². The van der Waals surface area contributed by atoms with Gasteiger partial charge in [0.05, 0.1) is 0 Å². The molecule has 0 N–H and O–H groups in total. The standard InChI is InChI=1S/C35H37N/c1-34(2,3)31-15-11-26(12-16-31)29-21-30(27-13-17-32(18-14-27)35(4,5)6)23-33(22-29)36-20-19-25-9-7-8-10-28(25)24-36/h7-23H,24H2,1-6H3. The van der Waals surface area contributed by atoms with Crippen LogP contribution in [0.2, 0.25) is 0 Å².